The van der Waals surface area contributed by atoms with E-state index in [1.54, 1.807) is 12.5 Å². The lowest BCUT2D eigenvalue weighted by Gasteiger charge is -2.35. The number of nitrogens with zero attached hydrogens (tertiary/aromatic N) is 3. The Labute approximate surface area is 228 Å². The van der Waals surface area contributed by atoms with Crippen LogP contribution in [0.5, 0.6) is 11.5 Å². The van der Waals surface area contributed by atoms with Gasteiger partial charge in [0.1, 0.15) is 17.9 Å². The third-order valence-corrected chi connectivity index (χ3v) is 8.76. The highest BCUT2D eigenvalue weighted by molar-refractivity contribution is 7.98. The fourth-order valence-corrected chi connectivity index (χ4v) is 6.66. The Balaban J connectivity index is 1.35. The lowest BCUT2D eigenvalue weighted by molar-refractivity contribution is 0.295. The highest BCUT2D eigenvalue weighted by Crippen LogP contribution is 2.53. The van der Waals surface area contributed by atoms with Gasteiger partial charge in [0.25, 0.3) is 0 Å². The van der Waals surface area contributed by atoms with Crippen molar-refractivity contribution >= 4 is 29.4 Å². The molecule has 37 heavy (non-hydrogen) atoms. The smallest absolute Gasteiger partial charge is 0.188 e. The summed E-state index contributed by atoms with van der Waals surface area (Å²) in [6.07, 6.45) is 8.74. The quantitative estimate of drug-likeness (QED) is 0.314. The molecule has 1 aromatic heterocycles. The average Bonchev–Trinajstić information content (AvgIpc) is 3.44. The molecular formula is C29H34ClFN4OS. The number of benzene rings is 2. The van der Waals surface area contributed by atoms with E-state index >= 15 is 0 Å². The summed E-state index contributed by atoms with van der Waals surface area (Å²) in [5, 5.41) is 0.219. The molecule has 0 bridgehead atoms. The summed E-state index contributed by atoms with van der Waals surface area (Å²) in [5.74, 6) is 1.27. The first-order chi connectivity index (χ1) is 17.6. The molecule has 2 unspecified atom stereocenters. The predicted molar refractivity (Wildman–Crippen MR) is 150 cm³/mol. The number of halogens is 2. The van der Waals surface area contributed by atoms with E-state index < -0.39 is 5.82 Å². The number of ether oxygens (including phenoxy) is 1. The van der Waals surface area contributed by atoms with Crippen molar-refractivity contribution in [3.05, 3.63) is 77.5 Å². The van der Waals surface area contributed by atoms with Crippen LogP contribution in [0.3, 0.4) is 0 Å². The molecule has 196 valence electrons. The molecule has 2 aliphatic rings. The molecule has 2 atom stereocenters. The van der Waals surface area contributed by atoms with Crippen molar-refractivity contribution in [3.63, 3.8) is 0 Å². The second kappa shape index (κ2) is 10.4. The molecule has 2 heterocycles. The monoisotopic (exact) mass is 540 g/mol. The van der Waals surface area contributed by atoms with Crippen molar-refractivity contribution in [1.82, 2.24) is 14.7 Å². The highest BCUT2D eigenvalue weighted by atomic mass is 35.5. The molecule has 8 heteroatoms. The molecule has 1 N–H and O–H groups in total. The zero-order chi connectivity index (χ0) is 26.1. The summed E-state index contributed by atoms with van der Waals surface area (Å²) >= 11 is 8.07. The Bertz CT molecular complexity index is 1240. The van der Waals surface area contributed by atoms with E-state index in [1.165, 1.54) is 30.2 Å². The number of nitrogens with one attached hydrogen (secondary N) is 1. The lowest BCUT2D eigenvalue weighted by atomic mass is 9.81. The number of hydrogen-bond acceptors (Lipinski definition) is 6. The maximum atomic E-state index is 13.5. The molecule has 1 saturated heterocycles. The van der Waals surface area contributed by atoms with Gasteiger partial charge in [0.2, 0.25) is 0 Å². The van der Waals surface area contributed by atoms with Crippen LogP contribution in [0.4, 0.5) is 10.2 Å². The van der Waals surface area contributed by atoms with Crippen LogP contribution in [0.2, 0.25) is 5.02 Å². The van der Waals surface area contributed by atoms with Gasteiger partial charge in [-0.15, -0.1) is 0 Å². The Hall–Kier alpha value is -2.35. The maximum absolute atomic E-state index is 13.5. The average molecular weight is 541 g/mol. The fraction of sp³-hybridized carbons (Fsp3) is 0.448. The van der Waals surface area contributed by atoms with E-state index in [0.29, 0.717) is 11.5 Å². The normalized spacial score (nSPS) is 23.6. The van der Waals surface area contributed by atoms with Crippen molar-refractivity contribution in [2.24, 2.45) is 5.41 Å². The van der Waals surface area contributed by atoms with E-state index in [4.69, 9.17) is 16.3 Å². The third kappa shape index (κ3) is 6.21. The molecular weight excluding hydrogens is 507 g/mol. The molecule has 1 aliphatic heterocycles. The van der Waals surface area contributed by atoms with Gasteiger partial charge >= 0.3 is 0 Å². The van der Waals surface area contributed by atoms with Crippen LogP contribution < -0.4 is 14.4 Å². The molecule has 1 aliphatic carbocycles. The molecule has 5 rings (SSSR count). The Morgan fingerprint density at radius 3 is 2.68 bits per heavy atom. The first kappa shape index (κ1) is 26.3. The van der Waals surface area contributed by atoms with Crippen LogP contribution in [0.15, 0.2) is 61.1 Å². The van der Waals surface area contributed by atoms with Gasteiger partial charge in [-0.3, -0.25) is 4.72 Å². The molecule has 0 radical (unpaired) electrons. The van der Waals surface area contributed by atoms with Crippen LogP contribution in [-0.2, 0) is 6.42 Å². The van der Waals surface area contributed by atoms with Gasteiger partial charge < -0.3 is 9.64 Å². The zero-order valence-corrected chi connectivity index (χ0v) is 23.2. The molecule has 2 aromatic carbocycles. The van der Waals surface area contributed by atoms with Crippen molar-refractivity contribution in [2.75, 3.05) is 18.0 Å². The van der Waals surface area contributed by atoms with E-state index in [-0.39, 0.29) is 20.7 Å². The fourth-order valence-electron chi connectivity index (χ4n) is 5.68. The minimum absolute atomic E-state index is 0.0436. The van der Waals surface area contributed by atoms with Crippen LogP contribution in [0.25, 0.3) is 0 Å². The van der Waals surface area contributed by atoms with Gasteiger partial charge in [-0.05, 0) is 82.1 Å². The van der Waals surface area contributed by atoms with E-state index in [1.807, 2.05) is 11.9 Å². The minimum Gasteiger partial charge on any atom is -0.450 e. The topological polar surface area (TPSA) is 50.3 Å². The van der Waals surface area contributed by atoms with Crippen molar-refractivity contribution in [3.8, 4) is 11.5 Å². The van der Waals surface area contributed by atoms with Crippen molar-refractivity contribution in [1.29, 1.82) is 0 Å². The predicted octanol–water partition coefficient (Wildman–Crippen LogP) is 7.46. The van der Waals surface area contributed by atoms with Gasteiger partial charge in [-0.25, -0.2) is 14.4 Å². The zero-order valence-electron chi connectivity index (χ0n) is 21.6. The Kier molecular flexibility index (Phi) is 7.40. The summed E-state index contributed by atoms with van der Waals surface area (Å²) in [4.78, 5) is 11.1. The van der Waals surface area contributed by atoms with Gasteiger partial charge in [0.05, 0.1) is 11.2 Å². The van der Waals surface area contributed by atoms with Crippen LogP contribution in [0.1, 0.15) is 52.0 Å². The summed E-state index contributed by atoms with van der Waals surface area (Å²) in [7, 11) is 0. The Morgan fingerprint density at radius 2 is 1.92 bits per heavy atom. The summed E-state index contributed by atoms with van der Waals surface area (Å²) < 4.78 is 23.7. The summed E-state index contributed by atoms with van der Waals surface area (Å²) in [6.45, 7) is 8.58. The Morgan fingerprint density at radius 1 is 1.11 bits per heavy atom. The third-order valence-electron chi connectivity index (χ3n) is 7.32. The van der Waals surface area contributed by atoms with Gasteiger partial charge in [-0.2, -0.15) is 0 Å². The number of rotatable bonds is 7. The van der Waals surface area contributed by atoms with Crippen molar-refractivity contribution < 1.29 is 9.13 Å². The summed E-state index contributed by atoms with van der Waals surface area (Å²) in [5.41, 5.74) is 1.62. The van der Waals surface area contributed by atoms with Crippen LogP contribution in [-0.4, -0.2) is 33.3 Å². The first-order valence-electron chi connectivity index (χ1n) is 12.8. The molecule has 1 saturated carbocycles. The lowest BCUT2D eigenvalue weighted by Crippen LogP contribution is -2.44. The number of hydrogen-bond donors (Lipinski definition) is 1. The van der Waals surface area contributed by atoms with Gasteiger partial charge in [-0.1, -0.05) is 53.9 Å². The molecule has 0 amide bonds. The molecule has 5 nitrogen and oxygen atoms in total. The second-order valence-corrected chi connectivity index (χ2v) is 13.5. The van der Waals surface area contributed by atoms with E-state index in [9.17, 15) is 4.39 Å². The van der Waals surface area contributed by atoms with Gasteiger partial charge in [0, 0.05) is 23.4 Å². The van der Waals surface area contributed by atoms with Gasteiger partial charge in [0.15, 0.2) is 11.6 Å². The van der Waals surface area contributed by atoms with E-state index in [2.05, 4.69) is 70.7 Å². The van der Waals surface area contributed by atoms with Crippen LogP contribution >= 0.6 is 23.5 Å². The largest absolute Gasteiger partial charge is 0.450 e. The summed E-state index contributed by atoms with van der Waals surface area (Å²) in [6, 6.07) is 14.9. The number of aromatic nitrogens is 2. The molecule has 3 aromatic rings. The highest BCUT2D eigenvalue weighted by Gasteiger charge is 2.51. The maximum Gasteiger partial charge on any atom is 0.188 e. The number of anilines is 1. The first-order valence-corrected chi connectivity index (χ1v) is 14.0. The minimum atomic E-state index is -0.401. The van der Waals surface area contributed by atoms with Crippen molar-refractivity contribution in [2.45, 2.75) is 63.2 Å². The van der Waals surface area contributed by atoms with Crippen LogP contribution in [0, 0.1) is 11.2 Å². The second-order valence-electron chi connectivity index (χ2n) is 11.5. The standard InChI is InChI=1S/C29H34ClFN4OS/c1-27(2,3)37-34-29(16-21-7-5-4-6-8-21)12-11-28(18-29)13-14-35(19-28)26-25(17-32-20-33-26)36-24-10-9-22(31)15-23(24)30/h4-10,15,17,20,34H,11-14,16,18-19H2,1-3H3. The SMILES string of the molecule is CC(C)(C)SNC1(Cc2ccccc2)CCC2(CCN(c3ncncc3Oc3ccc(F)cc3Cl)C2)C1. The molecule has 2 fully saturated rings. The molecule has 1 spiro atoms. The van der Waals surface area contributed by atoms with E-state index in [0.717, 1.165) is 44.6 Å².